The van der Waals surface area contributed by atoms with Crippen molar-refractivity contribution < 1.29 is 37.0 Å². The van der Waals surface area contributed by atoms with Gasteiger partial charge in [0.1, 0.15) is 11.5 Å². The number of carbonyl (C=O) groups excluding carboxylic acids is 3. The molecule has 16 heteroatoms. The van der Waals surface area contributed by atoms with Crippen LogP contribution in [0, 0.1) is 11.8 Å². The Hall–Kier alpha value is -11.5. The van der Waals surface area contributed by atoms with Crippen LogP contribution in [0.2, 0.25) is 0 Å². The summed E-state index contributed by atoms with van der Waals surface area (Å²) >= 11 is 0. The molecule has 2 aliphatic rings. The quantitative estimate of drug-likeness (QED) is 0.0663. The van der Waals surface area contributed by atoms with Gasteiger partial charge in [0.25, 0.3) is 17.4 Å². The second-order valence-electron chi connectivity index (χ2n) is 37.2. The Morgan fingerprint density at radius 3 is 1.21 bits per heavy atom. The number of allylic oxidation sites excluding steroid dienone is 1. The summed E-state index contributed by atoms with van der Waals surface area (Å²) in [6.45, 7) is 56.8. The predicted molar refractivity (Wildman–Crippen MR) is 576 cm³/mol. The number of amides is 2. The molecule has 0 bridgehead atoms. The molecule has 0 radical (unpaired) electrons. The van der Waals surface area contributed by atoms with E-state index < -0.39 is 9.84 Å². The number of methoxy groups -OCH3 is 2. The highest BCUT2D eigenvalue weighted by Crippen LogP contribution is 2.24. The number of carbonyl (C=O) groups is 3. The summed E-state index contributed by atoms with van der Waals surface area (Å²) in [5, 5.41) is 0. The lowest BCUT2D eigenvalue weighted by Gasteiger charge is -2.26. The fraction of sp³-hybridized carbons (Fsp3) is 0.420. The number of hydrogen-bond acceptors (Lipinski definition) is 12. The molecule has 1 fully saturated rings. The van der Waals surface area contributed by atoms with E-state index in [0.29, 0.717) is 85.5 Å². The van der Waals surface area contributed by atoms with E-state index in [0.717, 1.165) is 46.2 Å². The van der Waals surface area contributed by atoms with E-state index in [9.17, 15) is 27.6 Å². The number of pyridine rings is 3. The van der Waals surface area contributed by atoms with Gasteiger partial charge in [-0.25, -0.2) is 8.42 Å². The van der Waals surface area contributed by atoms with Crippen LogP contribution in [0.3, 0.4) is 0 Å². The van der Waals surface area contributed by atoms with Gasteiger partial charge in [-0.1, -0.05) is 330 Å². The zero-order valence-corrected chi connectivity index (χ0v) is 87.7. The first kappa shape index (κ1) is 122. The van der Waals surface area contributed by atoms with Crippen LogP contribution < -0.4 is 15.0 Å². The molecular weight excluding hydrogens is 1690 g/mol. The molecule has 2 aliphatic heterocycles. The fourth-order valence-electron chi connectivity index (χ4n) is 12.7. The molecule has 13 rings (SSSR count). The third kappa shape index (κ3) is 52.9. The normalized spacial score (nSPS) is 11.5. The zero-order valence-electron chi connectivity index (χ0n) is 86.9. The number of hydrogen-bond donors (Lipinski definition) is 0. The molecule has 0 N–H and O–H groups in total. The van der Waals surface area contributed by atoms with Crippen LogP contribution >= 0.6 is 0 Å². The Labute approximate surface area is 817 Å². The first-order valence-corrected chi connectivity index (χ1v) is 49.7. The second-order valence-corrected chi connectivity index (χ2v) is 39.4. The lowest BCUT2D eigenvalue weighted by Crippen LogP contribution is -2.40. The number of nitrogens with zero attached hydrogens (tertiary/aromatic N) is 6. The summed E-state index contributed by atoms with van der Waals surface area (Å²) < 4.78 is 39.3. The molecule has 0 saturated carbocycles. The average molecular weight is 1860 g/mol. The number of aliphatic imine (C=N–C) groups is 1. The van der Waals surface area contributed by atoms with Crippen LogP contribution in [-0.4, -0.2) is 124 Å². The van der Waals surface area contributed by atoms with E-state index in [-0.39, 0.29) is 42.4 Å². The van der Waals surface area contributed by atoms with Crippen molar-refractivity contribution in [3.05, 3.63) is 380 Å². The van der Waals surface area contributed by atoms with Crippen molar-refractivity contribution in [2.75, 3.05) is 67.4 Å². The molecule has 0 atom stereocenters. The monoisotopic (exact) mass is 1860 g/mol. The van der Waals surface area contributed by atoms with Crippen LogP contribution in [0.4, 0.5) is 0 Å². The third-order valence-corrected chi connectivity index (χ3v) is 22.2. The van der Waals surface area contributed by atoms with Crippen LogP contribution in [0.15, 0.2) is 301 Å². The summed E-state index contributed by atoms with van der Waals surface area (Å²) in [6, 6.07) is 82.4. The minimum atomic E-state index is -2.92. The van der Waals surface area contributed by atoms with Gasteiger partial charge in [-0.05, 0) is 238 Å². The molecule has 0 unspecified atom stereocenters. The van der Waals surface area contributed by atoms with E-state index in [2.05, 4.69) is 270 Å². The van der Waals surface area contributed by atoms with Crippen LogP contribution in [0.5, 0.6) is 11.5 Å². The standard InChI is InChI=1S/C14H19NO2.C12H17NO.C11H16O2S.C11H14O.2C10H14O.C10H14.C9H12.C8H11NO.2C8H11N.C7H11N.CH4/c1-11(2)12-3-5-13(6-4-12)14(16)15-7-9-17-10-8-15;1-9(2)10-6-5-7-11(8-10)12(14)13(3)4;1-9(2)11-6-4-5-10(7-11)8-14(3,12)13;1-8(2)10-5-4-6-11(7-10)9(3)12;1-8(2)9-4-6-10(11-3)7-5-9;1-8(2)9-5-4-6-10(7-9)11-3;1-9(2)8-10-6-4-3-5-7-10;1-8(2)9-6-4-3-5-7-9;1-7(2)9-6-4-3-5-8(9)10;1-7(2)8-3-5-9-6-4-8;1-7(2)8-4-3-5-9-6-8;1-6(2)7-3-4-8-5-7;/h3-6,11H,7-10H2,1-2H3;5-9H,1-4H3;4-7,9H,8H2,1-3H3;4-8H,1-3H3;2*4-8H,1-3H3;3-7,9H,8H2,1-2H3;3-8H,1-2H3;3-7H,1-2H3;2*3-7H,1-2H3;3,5-6H,4H2,1-2H3;1H4. The molecule has 135 heavy (non-hydrogen) atoms. The van der Waals surface area contributed by atoms with Crippen molar-refractivity contribution in [1.82, 2.24) is 24.3 Å². The Morgan fingerprint density at radius 1 is 0.415 bits per heavy atom. The van der Waals surface area contributed by atoms with Gasteiger partial charge in [0.05, 0.1) is 39.7 Å². The lowest BCUT2D eigenvalue weighted by atomic mass is 10.00. The largest absolute Gasteiger partial charge is 0.497 e. The van der Waals surface area contributed by atoms with Gasteiger partial charge in [0, 0.05) is 99.4 Å². The molecule has 1 saturated heterocycles. The molecule has 3 aromatic heterocycles. The summed E-state index contributed by atoms with van der Waals surface area (Å²) in [5.74, 6) is 8.67. The summed E-state index contributed by atoms with van der Waals surface area (Å²) in [5.41, 5.74) is 17.7. The van der Waals surface area contributed by atoms with Gasteiger partial charge in [0.2, 0.25) is 0 Å². The van der Waals surface area contributed by atoms with Gasteiger partial charge >= 0.3 is 0 Å². The number of benzene rings is 8. The van der Waals surface area contributed by atoms with E-state index in [1.165, 1.54) is 73.9 Å². The zero-order chi connectivity index (χ0) is 100. The van der Waals surface area contributed by atoms with Gasteiger partial charge in [-0.3, -0.25) is 34.1 Å². The molecular formula is C119H168N6O9S. The number of sulfone groups is 1. The van der Waals surface area contributed by atoms with Crippen molar-refractivity contribution in [2.45, 2.75) is 252 Å². The minimum Gasteiger partial charge on any atom is -0.497 e. The maximum Gasteiger partial charge on any atom is 0.254 e. The number of rotatable bonds is 20. The first-order chi connectivity index (χ1) is 63.4. The van der Waals surface area contributed by atoms with E-state index >= 15 is 0 Å². The smallest absolute Gasteiger partial charge is 0.254 e. The minimum absolute atomic E-state index is 0. The summed E-state index contributed by atoms with van der Waals surface area (Å²) in [7, 11) is 4.00. The van der Waals surface area contributed by atoms with Gasteiger partial charge in [-0.2, -0.15) is 0 Å². The lowest BCUT2D eigenvalue weighted by molar-refractivity contribution is 0.0303. The van der Waals surface area contributed by atoms with Crippen LogP contribution in [0.1, 0.15) is 332 Å². The number of aromatic nitrogens is 3. The van der Waals surface area contributed by atoms with E-state index in [4.69, 9.17) is 14.2 Å². The average Bonchev–Trinajstić information content (AvgIpc) is 1.33. The molecule has 11 aromatic rings. The highest BCUT2D eigenvalue weighted by molar-refractivity contribution is 7.89. The van der Waals surface area contributed by atoms with Gasteiger partial charge < -0.3 is 28.6 Å². The summed E-state index contributed by atoms with van der Waals surface area (Å²) in [4.78, 5) is 61.3. The van der Waals surface area contributed by atoms with Crippen molar-refractivity contribution in [3.8, 4) is 11.5 Å². The van der Waals surface area contributed by atoms with Gasteiger partial charge in [0.15, 0.2) is 15.6 Å². The molecule has 15 nitrogen and oxygen atoms in total. The van der Waals surface area contributed by atoms with Crippen molar-refractivity contribution in [3.63, 3.8) is 0 Å². The Balaban J connectivity index is 0.000000740. The van der Waals surface area contributed by atoms with Crippen LogP contribution in [-0.2, 0) is 26.7 Å². The summed E-state index contributed by atoms with van der Waals surface area (Å²) in [6.07, 6.45) is 15.7. The number of ketones is 1. The third-order valence-electron chi connectivity index (χ3n) is 21.3. The highest BCUT2D eigenvalue weighted by atomic mass is 32.2. The van der Waals surface area contributed by atoms with Gasteiger partial charge in [-0.15, -0.1) is 0 Å². The molecule has 8 aromatic carbocycles. The molecule has 5 heterocycles. The van der Waals surface area contributed by atoms with Crippen molar-refractivity contribution in [2.24, 2.45) is 16.8 Å². The number of ether oxygens (including phenoxy) is 3. The second kappa shape index (κ2) is 67.7. The first-order valence-electron chi connectivity index (χ1n) is 47.6. The highest BCUT2D eigenvalue weighted by Gasteiger charge is 2.19. The molecule has 2 amide bonds. The molecule has 0 spiro atoms. The van der Waals surface area contributed by atoms with Crippen LogP contribution in [0.25, 0.3) is 0 Å². The number of morpholine rings is 1. The van der Waals surface area contributed by atoms with Crippen molar-refractivity contribution >= 4 is 33.6 Å². The Kier molecular flexibility index (Phi) is 60.9. The Bertz CT molecular complexity index is 5140. The topological polar surface area (TPSA) is 180 Å². The predicted octanol–water partition coefficient (Wildman–Crippen LogP) is 29.6. The van der Waals surface area contributed by atoms with E-state index in [1.807, 2.05) is 183 Å². The SMILES string of the molecule is C.CC(=O)c1cccc(C(C)C)c1.CC(C)C1=CCN=C1.CC(C)Cc1ccccc1.CC(C)c1ccc(C(=O)N2CCOCC2)cc1.CC(C)c1cccc(C(=O)N(C)C)c1.CC(C)c1cccc(CS(C)(=O)=O)c1.CC(C)c1ccccc1.CC(C)c1cccnc1.CC(C)c1ccncc1.CC(C)n1ccccc1=O.COc1ccc(C(C)C)cc1.COc1cccc(C(C)C)c1. The molecule has 0 aliphatic carbocycles. The maximum absolute atomic E-state index is 12.2. The van der Waals surface area contributed by atoms with E-state index in [1.54, 1.807) is 69.2 Å². The fourth-order valence-corrected chi connectivity index (χ4v) is 13.5. The number of Topliss-reactive ketones (excluding diaryl/α,β-unsaturated/α-hetero) is 1. The maximum atomic E-state index is 12.2. The Morgan fingerprint density at radius 2 is 0.830 bits per heavy atom. The van der Waals surface area contributed by atoms with Crippen molar-refractivity contribution in [1.29, 1.82) is 0 Å². The molecule has 734 valence electrons.